The van der Waals surface area contributed by atoms with Crippen LogP contribution in [0.1, 0.15) is 36.0 Å². The molecule has 0 amide bonds. The zero-order valence-corrected chi connectivity index (χ0v) is 11.4. The van der Waals surface area contributed by atoms with Crippen molar-refractivity contribution in [3.63, 3.8) is 0 Å². The van der Waals surface area contributed by atoms with Gasteiger partial charge in [0.15, 0.2) is 5.78 Å². The summed E-state index contributed by atoms with van der Waals surface area (Å²) < 4.78 is 0. The van der Waals surface area contributed by atoms with Crippen LogP contribution in [-0.2, 0) is 4.79 Å². The Morgan fingerprint density at radius 2 is 1.56 bits per heavy atom. The van der Waals surface area contributed by atoms with Crippen molar-refractivity contribution in [3.8, 4) is 0 Å². The minimum absolute atomic E-state index is 0. The molecule has 0 atom stereocenters. The van der Waals surface area contributed by atoms with E-state index < -0.39 is 5.97 Å². The third kappa shape index (κ3) is 6.05. The van der Waals surface area contributed by atoms with Crippen LogP contribution in [0.25, 0.3) is 0 Å². The number of carboxylic acids is 1. The summed E-state index contributed by atoms with van der Waals surface area (Å²) in [6, 6.07) is 9.01. The quantitative estimate of drug-likeness (QED) is 0.327. The van der Waals surface area contributed by atoms with Crippen molar-refractivity contribution in [3.05, 3.63) is 35.9 Å². The van der Waals surface area contributed by atoms with Crippen LogP contribution < -0.4 is 34.7 Å². The van der Waals surface area contributed by atoms with Crippen LogP contribution in [0.15, 0.2) is 30.3 Å². The minimum atomic E-state index is -1.05. The number of hydrogen-bond acceptors (Lipinski definition) is 3. The van der Waals surface area contributed by atoms with Gasteiger partial charge in [-0.1, -0.05) is 30.3 Å². The van der Waals surface area contributed by atoms with Crippen LogP contribution in [0.2, 0.25) is 0 Å². The molecule has 3 nitrogen and oxygen atoms in total. The first-order valence-corrected chi connectivity index (χ1v) is 4.98. The van der Waals surface area contributed by atoms with Crippen molar-refractivity contribution in [2.75, 3.05) is 0 Å². The zero-order valence-electron chi connectivity index (χ0n) is 9.44. The number of hydrogen-bond donors (Lipinski definition) is 0. The maximum absolute atomic E-state index is 11.5. The monoisotopic (exact) mass is 228 g/mol. The molecule has 4 heteroatoms. The number of carbonyl (C=O) groups excluding carboxylic acids is 2. The molecule has 0 heterocycles. The van der Waals surface area contributed by atoms with E-state index in [0.29, 0.717) is 24.8 Å². The SMILES string of the molecule is O=C([O-])CCCCC(=O)c1ccccc1.[Na+]. The molecular weight excluding hydrogens is 215 g/mol. The number of ketones is 1. The van der Waals surface area contributed by atoms with Gasteiger partial charge < -0.3 is 9.90 Å². The fourth-order valence-corrected chi connectivity index (χ4v) is 1.32. The third-order valence-electron chi connectivity index (χ3n) is 2.13. The molecular formula is C12H13NaO3. The molecule has 1 aromatic rings. The van der Waals surface area contributed by atoms with E-state index in [4.69, 9.17) is 0 Å². The molecule has 0 unspecified atom stereocenters. The number of benzene rings is 1. The van der Waals surface area contributed by atoms with Crippen LogP contribution in [0.3, 0.4) is 0 Å². The number of carbonyl (C=O) groups is 2. The maximum Gasteiger partial charge on any atom is 1.00 e. The molecule has 0 saturated heterocycles. The second-order valence-corrected chi connectivity index (χ2v) is 3.37. The van der Waals surface area contributed by atoms with Gasteiger partial charge in [0.2, 0.25) is 0 Å². The smallest absolute Gasteiger partial charge is 0.550 e. The number of rotatable bonds is 6. The summed E-state index contributed by atoms with van der Waals surface area (Å²) in [5.41, 5.74) is 0.686. The number of aliphatic carboxylic acids is 1. The standard InChI is InChI=1S/C12H14O3.Na/c13-11(8-4-5-9-12(14)15)10-6-2-1-3-7-10;/h1-3,6-7H,4-5,8-9H2,(H,14,15);/q;+1/p-1. The first-order chi connectivity index (χ1) is 7.20. The van der Waals surface area contributed by atoms with E-state index in [1.54, 1.807) is 12.1 Å². The van der Waals surface area contributed by atoms with E-state index in [9.17, 15) is 14.7 Å². The Bertz CT molecular complexity index is 335. The molecule has 0 aromatic heterocycles. The molecule has 0 N–H and O–H groups in total. The van der Waals surface area contributed by atoms with Crippen molar-refractivity contribution < 1.29 is 44.3 Å². The average Bonchev–Trinajstić information content (AvgIpc) is 2.25. The van der Waals surface area contributed by atoms with E-state index in [0.717, 1.165) is 0 Å². The van der Waals surface area contributed by atoms with Crippen molar-refractivity contribution >= 4 is 11.8 Å². The second-order valence-electron chi connectivity index (χ2n) is 3.37. The molecule has 0 fully saturated rings. The van der Waals surface area contributed by atoms with Crippen LogP contribution in [0.4, 0.5) is 0 Å². The van der Waals surface area contributed by atoms with Crippen LogP contribution >= 0.6 is 0 Å². The molecule has 0 aliphatic carbocycles. The second kappa shape index (κ2) is 8.50. The summed E-state index contributed by atoms with van der Waals surface area (Å²) in [7, 11) is 0. The van der Waals surface area contributed by atoms with Gasteiger partial charge in [-0.25, -0.2) is 0 Å². The third-order valence-corrected chi connectivity index (χ3v) is 2.13. The summed E-state index contributed by atoms with van der Waals surface area (Å²) in [6.07, 6.45) is 1.53. The summed E-state index contributed by atoms with van der Waals surface area (Å²) in [6.45, 7) is 0. The average molecular weight is 228 g/mol. The molecule has 0 aliphatic rings. The normalized spacial score (nSPS) is 9.25. The van der Waals surface area contributed by atoms with Gasteiger partial charge >= 0.3 is 29.6 Å². The fraction of sp³-hybridized carbons (Fsp3) is 0.333. The van der Waals surface area contributed by atoms with E-state index in [-0.39, 0.29) is 41.8 Å². The Balaban J connectivity index is 0.00000225. The molecule has 0 aliphatic heterocycles. The Labute approximate surface area is 117 Å². The Morgan fingerprint density at radius 1 is 1.00 bits per heavy atom. The Kier molecular flexibility index (Phi) is 8.16. The van der Waals surface area contributed by atoms with Gasteiger partial charge in [-0.15, -0.1) is 0 Å². The van der Waals surface area contributed by atoms with Crippen LogP contribution in [0, 0.1) is 0 Å². The zero-order chi connectivity index (χ0) is 11.1. The first kappa shape index (κ1) is 15.4. The van der Waals surface area contributed by atoms with Gasteiger partial charge in [0, 0.05) is 18.0 Å². The van der Waals surface area contributed by atoms with Crippen LogP contribution in [-0.4, -0.2) is 11.8 Å². The summed E-state index contributed by atoms with van der Waals surface area (Å²) in [4.78, 5) is 21.6. The van der Waals surface area contributed by atoms with Crippen molar-refractivity contribution in [1.82, 2.24) is 0 Å². The Morgan fingerprint density at radius 3 is 2.12 bits per heavy atom. The topological polar surface area (TPSA) is 57.2 Å². The van der Waals surface area contributed by atoms with Gasteiger partial charge in [-0.3, -0.25) is 4.79 Å². The molecule has 1 rings (SSSR count). The summed E-state index contributed by atoms with van der Waals surface area (Å²) in [5.74, 6) is -0.990. The van der Waals surface area contributed by atoms with Gasteiger partial charge in [-0.05, 0) is 19.3 Å². The number of unbranched alkanes of at least 4 members (excludes halogenated alkanes) is 1. The summed E-state index contributed by atoms with van der Waals surface area (Å²) >= 11 is 0. The van der Waals surface area contributed by atoms with Crippen molar-refractivity contribution in [2.45, 2.75) is 25.7 Å². The number of Topliss-reactive ketones (excluding diaryl/α,β-unsaturated/α-hetero) is 1. The number of carboxylic acid groups (broad SMARTS) is 1. The molecule has 16 heavy (non-hydrogen) atoms. The van der Waals surface area contributed by atoms with E-state index in [1.807, 2.05) is 18.2 Å². The van der Waals surface area contributed by atoms with Gasteiger partial charge in [0.05, 0.1) is 0 Å². The predicted molar refractivity (Wildman–Crippen MR) is 54.2 cm³/mol. The predicted octanol–water partition coefficient (Wildman–Crippen LogP) is -1.82. The van der Waals surface area contributed by atoms with Gasteiger partial charge in [0.1, 0.15) is 0 Å². The molecule has 80 valence electrons. The fourth-order valence-electron chi connectivity index (χ4n) is 1.32. The largest absolute Gasteiger partial charge is 1.00 e. The molecule has 1 aromatic carbocycles. The summed E-state index contributed by atoms with van der Waals surface area (Å²) in [5, 5.41) is 10.1. The van der Waals surface area contributed by atoms with Gasteiger partial charge in [0.25, 0.3) is 0 Å². The van der Waals surface area contributed by atoms with E-state index >= 15 is 0 Å². The maximum atomic E-state index is 11.5. The molecule has 0 spiro atoms. The van der Waals surface area contributed by atoms with Crippen LogP contribution in [0.5, 0.6) is 0 Å². The van der Waals surface area contributed by atoms with E-state index in [1.165, 1.54) is 0 Å². The first-order valence-electron chi connectivity index (χ1n) is 4.98. The molecule has 0 bridgehead atoms. The van der Waals surface area contributed by atoms with Crippen molar-refractivity contribution in [2.24, 2.45) is 0 Å². The molecule has 0 radical (unpaired) electrons. The Hall–Kier alpha value is -0.640. The van der Waals surface area contributed by atoms with Crippen molar-refractivity contribution in [1.29, 1.82) is 0 Å². The minimum Gasteiger partial charge on any atom is -0.550 e. The molecule has 0 saturated carbocycles. The van der Waals surface area contributed by atoms with E-state index in [2.05, 4.69) is 0 Å². The van der Waals surface area contributed by atoms with Gasteiger partial charge in [-0.2, -0.15) is 0 Å².